The number of ketones is 1. The van der Waals surface area contributed by atoms with Crippen molar-refractivity contribution in [2.45, 2.75) is 45.4 Å². The summed E-state index contributed by atoms with van der Waals surface area (Å²) in [4.78, 5) is 26.7. The first kappa shape index (κ1) is 23.1. The average Bonchev–Trinajstić information content (AvgIpc) is 2.77. The molecule has 0 radical (unpaired) electrons. The Labute approximate surface area is 199 Å². The SMILES string of the molecule is CC1=C(C(=O)OCC(C)C)[C@H](c2ccc(O)cc2)C2=C(C[C@H](c3ccc(Cl)cc3)CC2=O)N1. The van der Waals surface area contributed by atoms with E-state index in [4.69, 9.17) is 16.3 Å². The Balaban J connectivity index is 1.75. The molecule has 0 amide bonds. The fourth-order valence-electron chi connectivity index (χ4n) is 4.60. The normalized spacial score (nSPS) is 20.6. The van der Waals surface area contributed by atoms with Crippen molar-refractivity contribution in [3.63, 3.8) is 0 Å². The number of phenolic OH excluding ortho intramolecular Hbond substituents is 1. The topological polar surface area (TPSA) is 75.6 Å². The molecular formula is C27H28ClNO4. The second kappa shape index (κ2) is 9.44. The highest BCUT2D eigenvalue weighted by atomic mass is 35.5. The van der Waals surface area contributed by atoms with Gasteiger partial charge in [0.15, 0.2) is 5.78 Å². The predicted molar refractivity (Wildman–Crippen MR) is 128 cm³/mol. The average molecular weight is 466 g/mol. The number of phenols is 1. The van der Waals surface area contributed by atoms with Crippen LogP contribution in [0.15, 0.2) is 71.1 Å². The number of esters is 1. The Bertz CT molecular complexity index is 1130. The lowest BCUT2D eigenvalue weighted by Gasteiger charge is -2.36. The van der Waals surface area contributed by atoms with Gasteiger partial charge in [-0.25, -0.2) is 4.79 Å². The highest BCUT2D eigenvalue weighted by Gasteiger charge is 2.41. The van der Waals surface area contributed by atoms with Crippen LogP contribution >= 0.6 is 11.6 Å². The molecule has 172 valence electrons. The van der Waals surface area contributed by atoms with E-state index in [1.165, 1.54) is 0 Å². The number of halogens is 1. The molecule has 0 bridgehead atoms. The third-order valence-electron chi connectivity index (χ3n) is 6.16. The lowest BCUT2D eigenvalue weighted by atomic mass is 9.71. The van der Waals surface area contributed by atoms with Gasteiger partial charge in [-0.05, 0) is 60.6 Å². The second-order valence-corrected chi connectivity index (χ2v) is 9.59. The van der Waals surface area contributed by atoms with Gasteiger partial charge in [-0.3, -0.25) is 4.79 Å². The van der Waals surface area contributed by atoms with Crippen molar-refractivity contribution < 1.29 is 19.4 Å². The zero-order chi connectivity index (χ0) is 23.7. The summed E-state index contributed by atoms with van der Waals surface area (Å²) in [5.41, 5.74) is 4.40. The molecule has 2 aliphatic rings. The molecule has 4 rings (SSSR count). The van der Waals surface area contributed by atoms with Gasteiger partial charge in [0, 0.05) is 34.3 Å². The highest BCUT2D eigenvalue weighted by Crippen LogP contribution is 2.46. The van der Waals surface area contributed by atoms with Crippen LogP contribution in [0, 0.1) is 5.92 Å². The molecule has 2 aromatic rings. The van der Waals surface area contributed by atoms with Crippen molar-refractivity contribution in [1.82, 2.24) is 5.32 Å². The Morgan fingerprint density at radius 2 is 1.73 bits per heavy atom. The Hall–Kier alpha value is -3.05. The van der Waals surface area contributed by atoms with Crippen LogP contribution in [0.5, 0.6) is 5.75 Å². The van der Waals surface area contributed by atoms with Crippen molar-refractivity contribution in [1.29, 1.82) is 0 Å². The summed E-state index contributed by atoms with van der Waals surface area (Å²) >= 11 is 6.04. The molecule has 6 heteroatoms. The molecule has 2 N–H and O–H groups in total. The number of nitrogens with one attached hydrogen (secondary N) is 1. The van der Waals surface area contributed by atoms with Crippen LogP contribution in [0.2, 0.25) is 5.02 Å². The van der Waals surface area contributed by atoms with Crippen LogP contribution in [0.4, 0.5) is 0 Å². The van der Waals surface area contributed by atoms with Gasteiger partial charge in [-0.15, -0.1) is 0 Å². The molecular weight excluding hydrogens is 438 g/mol. The number of aromatic hydroxyl groups is 1. The highest BCUT2D eigenvalue weighted by molar-refractivity contribution is 6.30. The fourth-order valence-corrected chi connectivity index (χ4v) is 4.73. The molecule has 1 aliphatic heterocycles. The maximum absolute atomic E-state index is 13.5. The van der Waals surface area contributed by atoms with Crippen LogP contribution in [0.25, 0.3) is 0 Å². The largest absolute Gasteiger partial charge is 0.508 e. The first-order valence-electron chi connectivity index (χ1n) is 11.2. The third kappa shape index (κ3) is 4.83. The van der Waals surface area contributed by atoms with Crippen LogP contribution in [-0.2, 0) is 14.3 Å². The van der Waals surface area contributed by atoms with Crippen LogP contribution in [0.1, 0.15) is 56.6 Å². The van der Waals surface area contributed by atoms with E-state index in [1.54, 1.807) is 24.3 Å². The molecule has 33 heavy (non-hydrogen) atoms. The molecule has 0 fully saturated rings. The Morgan fingerprint density at radius 1 is 1.09 bits per heavy atom. The lowest BCUT2D eigenvalue weighted by Crippen LogP contribution is -2.36. The van der Waals surface area contributed by atoms with Crippen LogP contribution in [-0.4, -0.2) is 23.5 Å². The summed E-state index contributed by atoms with van der Waals surface area (Å²) in [5, 5.41) is 13.8. The minimum Gasteiger partial charge on any atom is -0.508 e. The van der Waals surface area contributed by atoms with E-state index in [-0.39, 0.29) is 23.4 Å². The number of allylic oxidation sites excluding steroid dienone is 3. The molecule has 5 nitrogen and oxygen atoms in total. The number of ether oxygens (including phenoxy) is 1. The quantitative estimate of drug-likeness (QED) is 0.561. The predicted octanol–water partition coefficient (Wildman–Crippen LogP) is 5.61. The van der Waals surface area contributed by atoms with E-state index in [0.717, 1.165) is 16.8 Å². The minimum atomic E-state index is -0.541. The maximum atomic E-state index is 13.5. The van der Waals surface area contributed by atoms with Crippen molar-refractivity contribution >= 4 is 23.4 Å². The first-order valence-corrected chi connectivity index (χ1v) is 11.6. The van der Waals surface area contributed by atoms with Gasteiger partial charge in [0.25, 0.3) is 0 Å². The summed E-state index contributed by atoms with van der Waals surface area (Å²) in [6, 6.07) is 14.3. The zero-order valence-electron chi connectivity index (χ0n) is 19.0. The number of rotatable bonds is 5. The van der Waals surface area contributed by atoms with Crippen LogP contribution in [0.3, 0.4) is 0 Å². The number of carbonyl (C=O) groups is 2. The lowest BCUT2D eigenvalue weighted by molar-refractivity contribution is -0.140. The molecule has 0 spiro atoms. The summed E-state index contributed by atoms with van der Waals surface area (Å²) in [6.45, 7) is 6.11. The van der Waals surface area contributed by atoms with Gasteiger partial charge in [0.05, 0.1) is 12.2 Å². The van der Waals surface area contributed by atoms with Gasteiger partial charge < -0.3 is 15.2 Å². The van der Waals surface area contributed by atoms with E-state index >= 15 is 0 Å². The van der Waals surface area contributed by atoms with E-state index < -0.39 is 11.9 Å². The number of hydrogen-bond acceptors (Lipinski definition) is 5. The second-order valence-electron chi connectivity index (χ2n) is 9.15. The first-order chi connectivity index (χ1) is 15.7. The maximum Gasteiger partial charge on any atom is 0.336 e. The van der Waals surface area contributed by atoms with Gasteiger partial charge >= 0.3 is 5.97 Å². The van der Waals surface area contributed by atoms with E-state index in [2.05, 4.69) is 5.32 Å². The Kier molecular flexibility index (Phi) is 6.61. The number of benzene rings is 2. The smallest absolute Gasteiger partial charge is 0.336 e. The van der Waals surface area contributed by atoms with Crippen molar-refractivity contribution in [3.05, 3.63) is 87.2 Å². The monoisotopic (exact) mass is 465 g/mol. The summed E-state index contributed by atoms with van der Waals surface area (Å²) < 4.78 is 5.57. The standard InChI is InChI=1S/C27H28ClNO4/c1-15(2)14-33-27(32)24-16(3)29-22-12-19(17-4-8-20(28)9-5-17)13-23(31)26(22)25(24)18-6-10-21(30)11-7-18/h4-11,15,19,25,29-30H,12-14H2,1-3H3/t19-,25-/m0/s1. The molecule has 1 heterocycles. The molecule has 2 aromatic carbocycles. The summed E-state index contributed by atoms with van der Waals surface area (Å²) in [7, 11) is 0. The van der Waals surface area contributed by atoms with E-state index in [1.807, 2.05) is 45.0 Å². The fraction of sp³-hybridized carbons (Fsp3) is 0.333. The number of Topliss-reactive ketones (excluding diaryl/α,β-unsaturated/α-hetero) is 1. The van der Waals surface area contributed by atoms with Crippen molar-refractivity contribution in [3.8, 4) is 5.75 Å². The van der Waals surface area contributed by atoms with Crippen LogP contribution < -0.4 is 5.32 Å². The number of dihydropyridines is 1. The molecule has 0 saturated heterocycles. The molecule has 0 saturated carbocycles. The Morgan fingerprint density at radius 3 is 2.36 bits per heavy atom. The van der Waals surface area contributed by atoms with E-state index in [0.29, 0.717) is 41.3 Å². The molecule has 2 atom stereocenters. The minimum absolute atomic E-state index is 0.00318. The van der Waals surface area contributed by atoms with Gasteiger partial charge in [-0.1, -0.05) is 49.7 Å². The van der Waals surface area contributed by atoms with E-state index in [9.17, 15) is 14.7 Å². The zero-order valence-corrected chi connectivity index (χ0v) is 19.8. The molecule has 1 aliphatic carbocycles. The summed E-state index contributed by atoms with van der Waals surface area (Å²) in [6.07, 6.45) is 1.01. The third-order valence-corrected chi connectivity index (χ3v) is 6.42. The number of carbonyl (C=O) groups excluding carboxylic acids is 2. The molecule has 0 aromatic heterocycles. The van der Waals surface area contributed by atoms with Gasteiger partial charge in [0.1, 0.15) is 5.75 Å². The van der Waals surface area contributed by atoms with Crippen molar-refractivity contribution in [2.24, 2.45) is 5.92 Å². The van der Waals surface area contributed by atoms with Crippen molar-refractivity contribution in [2.75, 3.05) is 6.61 Å². The van der Waals surface area contributed by atoms with Gasteiger partial charge in [0.2, 0.25) is 0 Å². The number of hydrogen-bond donors (Lipinski definition) is 2. The van der Waals surface area contributed by atoms with Gasteiger partial charge in [-0.2, -0.15) is 0 Å². The summed E-state index contributed by atoms with van der Waals surface area (Å²) in [5.74, 6) is -0.604. The molecule has 0 unspecified atom stereocenters.